The van der Waals surface area contributed by atoms with Crippen LogP contribution in [0.1, 0.15) is 17.0 Å². The third kappa shape index (κ3) is 3.31. The summed E-state index contributed by atoms with van der Waals surface area (Å²) < 4.78 is 40.9. The van der Waals surface area contributed by atoms with Crippen molar-refractivity contribution in [2.24, 2.45) is 0 Å². The molecular formula is C14H11F3N2O2. The fraction of sp³-hybridized carbons (Fsp3) is 0.143. The van der Waals surface area contributed by atoms with Gasteiger partial charge in [-0.25, -0.2) is 9.78 Å². The monoisotopic (exact) mass is 296 g/mol. The van der Waals surface area contributed by atoms with Crippen molar-refractivity contribution in [2.75, 3.05) is 0 Å². The lowest BCUT2D eigenvalue weighted by atomic mass is 10.1. The first-order chi connectivity index (χ1) is 9.79. The van der Waals surface area contributed by atoms with Gasteiger partial charge in [-0.05, 0) is 30.7 Å². The van der Waals surface area contributed by atoms with Gasteiger partial charge in [0.05, 0.1) is 11.3 Å². The minimum absolute atomic E-state index is 0.0509. The molecule has 0 spiro atoms. The number of carboxylic acids is 1. The average molecular weight is 296 g/mol. The highest BCUT2D eigenvalue weighted by atomic mass is 19.4. The van der Waals surface area contributed by atoms with Crippen molar-refractivity contribution in [3.05, 3.63) is 53.6 Å². The van der Waals surface area contributed by atoms with Crippen LogP contribution in [0.25, 0.3) is 11.8 Å². The number of hydrogen-bond donors (Lipinski definition) is 1. The molecule has 4 nitrogen and oxygen atoms in total. The van der Waals surface area contributed by atoms with Crippen molar-refractivity contribution < 1.29 is 23.1 Å². The van der Waals surface area contributed by atoms with Crippen LogP contribution < -0.4 is 0 Å². The van der Waals surface area contributed by atoms with Gasteiger partial charge in [-0.15, -0.1) is 0 Å². The molecule has 0 aliphatic heterocycles. The van der Waals surface area contributed by atoms with Crippen LogP contribution in [0.3, 0.4) is 0 Å². The van der Waals surface area contributed by atoms with Gasteiger partial charge in [0, 0.05) is 18.5 Å². The first kappa shape index (κ1) is 14.8. The lowest BCUT2D eigenvalue weighted by molar-refractivity contribution is -0.137. The number of aliphatic carboxylic acids is 1. The largest absolute Gasteiger partial charge is 0.478 e. The number of halogens is 3. The average Bonchev–Trinajstić information content (AvgIpc) is 2.81. The topological polar surface area (TPSA) is 55.1 Å². The molecule has 0 unspecified atom stereocenters. The maximum Gasteiger partial charge on any atom is 0.418 e. The molecule has 1 aromatic heterocycles. The minimum atomic E-state index is -4.56. The molecule has 7 heteroatoms. The number of alkyl halides is 3. The third-order valence-corrected chi connectivity index (χ3v) is 2.83. The van der Waals surface area contributed by atoms with Gasteiger partial charge < -0.3 is 9.67 Å². The molecule has 0 fully saturated rings. The summed E-state index contributed by atoms with van der Waals surface area (Å²) in [4.78, 5) is 14.3. The predicted octanol–water partition coefficient (Wildman–Crippen LogP) is 3.30. The maximum atomic E-state index is 13.2. The van der Waals surface area contributed by atoms with E-state index >= 15 is 0 Å². The van der Waals surface area contributed by atoms with Crippen LogP contribution in [-0.4, -0.2) is 20.6 Å². The predicted molar refractivity (Wildman–Crippen MR) is 70.0 cm³/mol. The van der Waals surface area contributed by atoms with E-state index in [4.69, 9.17) is 5.11 Å². The fourth-order valence-electron chi connectivity index (χ4n) is 1.89. The zero-order valence-electron chi connectivity index (χ0n) is 10.9. The Kier molecular flexibility index (Phi) is 3.84. The summed E-state index contributed by atoms with van der Waals surface area (Å²) >= 11 is 0. The molecule has 110 valence electrons. The van der Waals surface area contributed by atoms with Crippen molar-refractivity contribution in [3.8, 4) is 5.69 Å². The van der Waals surface area contributed by atoms with Gasteiger partial charge >= 0.3 is 12.1 Å². The number of aromatic nitrogens is 2. The van der Waals surface area contributed by atoms with Crippen molar-refractivity contribution in [3.63, 3.8) is 0 Å². The molecule has 0 saturated carbocycles. The zero-order valence-corrected chi connectivity index (χ0v) is 10.9. The Labute approximate surface area is 118 Å². The van der Waals surface area contributed by atoms with E-state index in [0.717, 1.165) is 18.2 Å². The Morgan fingerprint density at radius 3 is 2.62 bits per heavy atom. The Morgan fingerprint density at radius 2 is 2.10 bits per heavy atom. The second-order valence-electron chi connectivity index (χ2n) is 4.29. The SMILES string of the molecule is Cc1nccn1-c1ccc(/C=C/C(=O)O)cc1C(F)(F)F. The molecule has 1 heterocycles. The molecule has 0 amide bonds. The molecule has 0 aliphatic rings. The van der Waals surface area contributed by atoms with Gasteiger partial charge in [0.2, 0.25) is 0 Å². The highest BCUT2D eigenvalue weighted by Crippen LogP contribution is 2.35. The minimum Gasteiger partial charge on any atom is -0.478 e. The highest BCUT2D eigenvalue weighted by Gasteiger charge is 2.34. The zero-order chi connectivity index (χ0) is 15.6. The maximum absolute atomic E-state index is 13.2. The van der Waals surface area contributed by atoms with E-state index < -0.39 is 17.7 Å². The van der Waals surface area contributed by atoms with E-state index in [1.54, 1.807) is 6.92 Å². The van der Waals surface area contributed by atoms with Crippen LogP contribution in [0.15, 0.2) is 36.7 Å². The van der Waals surface area contributed by atoms with Crippen molar-refractivity contribution in [1.82, 2.24) is 9.55 Å². The number of nitrogens with zero attached hydrogens (tertiary/aromatic N) is 2. The number of rotatable bonds is 3. The Balaban J connectivity index is 2.57. The standard InChI is InChI=1S/C14H11F3N2O2/c1-9-18-6-7-19(9)12-4-2-10(3-5-13(20)21)8-11(12)14(15,16)17/h2-8H,1H3,(H,20,21)/b5-3+. The van der Waals surface area contributed by atoms with Gasteiger partial charge in [-0.3, -0.25) is 0 Å². The van der Waals surface area contributed by atoms with Gasteiger partial charge in [-0.1, -0.05) is 6.07 Å². The number of imidazole rings is 1. The van der Waals surface area contributed by atoms with E-state index in [1.807, 2.05) is 0 Å². The van der Waals surface area contributed by atoms with Crippen LogP contribution in [0.4, 0.5) is 13.2 Å². The third-order valence-electron chi connectivity index (χ3n) is 2.83. The summed E-state index contributed by atoms with van der Waals surface area (Å²) in [7, 11) is 0. The number of aryl methyl sites for hydroxylation is 1. The number of hydrogen-bond acceptors (Lipinski definition) is 2. The van der Waals surface area contributed by atoms with E-state index in [0.29, 0.717) is 5.82 Å². The van der Waals surface area contributed by atoms with Crippen LogP contribution in [0, 0.1) is 6.92 Å². The van der Waals surface area contributed by atoms with Gasteiger partial charge in [-0.2, -0.15) is 13.2 Å². The summed E-state index contributed by atoms with van der Waals surface area (Å²) in [5.41, 5.74) is -0.743. The molecule has 0 radical (unpaired) electrons. The molecule has 1 aromatic carbocycles. The van der Waals surface area contributed by atoms with Crippen LogP contribution in [-0.2, 0) is 11.0 Å². The molecule has 2 rings (SSSR count). The summed E-state index contributed by atoms with van der Waals surface area (Å²) in [6.45, 7) is 1.60. The number of benzene rings is 1. The molecule has 0 bridgehead atoms. The van der Waals surface area contributed by atoms with Gasteiger partial charge in [0.1, 0.15) is 5.82 Å². The van der Waals surface area contributed by atoms with Crippen molar-refractivity contribution in [2.45, 2.75) is 13.1 Å². The molecule has 0 atom stereocenters. The summed E-state index contributed by atoms with van der Waals surface area (Å²) in [5.74, 6) is -0.799. The molecular weight excluding hydrogens is 285 g/mol. The van der Waals surface area contributed by atoms with Gasteiger partial charge in [0.25, 0.3) is 0 Å². The first-order valence-corrected chi connectivity index (χ1v) is 5.91. The summed E-state index contributed by atoms with van der Waals surface area (Å²) in [5, 5.41) is 8.52. The molecule has 0 saturated heterocycles. The molecule has 2 aromatic rings. The van der Waals surface area contributed by atoms with Crippen molar-refractivity contribution >= 4 is 12.0 Å². The van der Waals surface area contributed by atoms with E-state index in [9.17, 15) is 18.0 Å². The number of carbonyl (C=O) groups is 1. The second-order valence-corrected chi connectivity index (χ2v) is 4.29. The second kappa shape index (κ2) is 5.43. The Hall–Kier alpha value is -2.57. The summed E-state index contributed by atoms with van der Waals surface area (Å²) in [6, 6.07) is 3.62. The van der Waals surface area contributed by atoms with E-state index in [1.165, 1.54) is 29.1 Å². The van der Waals surface area contributed by atoms with E-state index in [-0.39, 0.29) is 11.3 Å². The Morgan fingerprint density at radius 1 is 1.38 bits per heavy atom. The lowest BCUT2D eigenvalue weighted by Gasteiger charge is -2.15. The first-order valence-electron chi connectivity index (χ1n) is 5.91. The quantitative estimate of drug-likeness (QED) is 0.884. The summed E-state index contributed by atoms with van der Waals surface area (Å²) in [6.07, 6.45) is 0.194. The molecule has 1 N–H and O–H groups in total. The smallest absolute Gasteiger partial charge is 0.418 e. The van der Waals surface area contributed by atoms with Crippen LogP contribution in [0.2, 0.25) is 0 Å². The Bertz CT molecular complexity index is 702. The van der Waals surface area contributed by atoms with Crippen molar-refractivity contribution in [1.29, 1.82) is 0 Å². The lowest BCUT2D eigenvalue weighted by Crippen LogP contribution is -2.11. The van der Waals surface area contributed by atoms with Crippen LogP contribution >= 0.6 is 0 Å². The normalized spacial score (nSPS) is 12.0. The van der Waals surface area contributed by atoms with Crippen LogP contribution in [0.5, 0.6) is 0 Å². The highest BCUT2D eigenvalue weighted by molar-refractivity contribution is 5.85. The van der Waals surface area contributed by atoms with E-state index in [2.05, 4.69) is 4.98 Å². The number of carboxylic acid groups (broad SMARTS) is 1. The fourth-order valence-corrected chi connectivity index (χ4v) is 1.89. The molecule has 21 heavy (non-hydrogen) atoms. The van der Waals surface area contributed by atoms with Gasteiger partial charge in [0.15, 0.2) is 0 Å². The molecule has 0 aliphatic carbocycles.